The van der Waals surface area contributed by atoms with Gasteiger partial charge in [-0.05, 0) is 56.6 Å². The third-order valence-corrected chi connectivity index (χ3v) is 11.7. The van der Waals surface area contributed by atoms with Gasteiger partial charge in [-0.15, -0.1) is 0 Å². The fourth-order valence-electron chi connectivity index (χ4n) is 8.36. The van der Waals surface area contributed by atoms with E-state index in [1.54, 1.807) is 0 Å². The molecule has 11 rings (SSSR count). The number of pyridine rings is 2. The van der Waals surface area contributed by atoms with Gasteiger partial charge in [-0.3, -0.25) is 9.97 Å². The molecule has 0 saturated carbocycles. The van der Waals surface area contributed by atoms with Gasteiger partial charge in [0.05, 0.1) is 11.4 Å². The van der Waals surface area contributed by atoms with Gasteiger partial charge in [0, 0.05) is 56.5 Å². The van der Waals surface area contributed by atoms with Crippen LogP contribution < -0.4 is 0 Å². The van der Waals surface area contributed by atoms with Crippen LogP contribution in [0.3, 0.4) is 0 Å². The lowest BCUT2D eigenvalue weighted by Crippen LogP contribution is -1.85. The topological polar surface area (TPSA) is 38.9 Å². The first-order chi connectivity index (χ1) is 30.2. The van der Waals surface area contributed by atoms with E-state index in [0.717, 1.165) is 100 Å². The van der Waals surface area contributed by atoms with E-state index in [9.17, 15) is 0 Å². The maximum atomic E-state index is 6.82. The highest BCUT2D eigenvalue weighted by atomic mass is 16.3. The molecular formula is C58H38N2O. The highest BCUT2D eigenvalue weighted by molar-refractivity contribution is 6.13. The Bertz CT molecular complexity index is 3040. The van der Waals surface area contributed by atoms with Gasteiger partial charge in [-0.2, -0.15) is 0 Å². The number of nitrogens with zero attached hydrogens (tertiary/aromatic N) is 2. The lowest BCUT2D eigenvalue weighted by molar-refractivity contribution is 0.671. The Morgan fingerprint density at radius 1 is 0.230 bits per heavy atom. The lowest BCUT2D eigenvalue weighted by Gasteiger charge is -2.08. The number of hydrogen-bond donors (Lipinski definition) is 0. The van der Waals surface area contributed by atoms with Crippen LogP contribution in [0, 0.1) is 0 Å². The van der Waals surface area contributed by atoms with E-state index in [1.165, 1.54) is 11.1 Å². The van der Waals surface area contributed by atoms with Gasteiger partial charge in [0.25, 0.3) is 0 Å². The summed E-state index contributed by atoms with van der Waals surface area (Å²) in [6.07, 6.45) is 3.91. The predicted octanol–water partition coefficient (Wildman–Crippen LogP) is 15.7. The minimum Gasteiger partial charge on any atom is -0.455 e. The summed E-state index contributed by atoms with van der Waals surface area (Å²) in [5, 5.41) is 2.23. The number of rotatable bonds is 8. The zero-order valence-corrected chi connectivity index (χ0v) is 33.2. The van der Waals surface area contributed by atoms with E-state index >= 15 is 0 Å². The van der Waals surface area contributed by atoms with E-state index in [4.69, 9.17) is 14.4 Å². The number of aromatic nitrogens is 2. The standard InChI is InChI=1S/C58H38N2O/c1-3-9-47(10-4-1)55-35-33-49(37-59-55)43-21-17-39(18-22-43)41-25-29-45(30-26-41)51-13-7-15-53-54-16-8-14-52(58(54)61-57(51)53)46-31-27-42(28-32-46)40-19-23-44(24-20-40)50-34-36-56(60-38-50)48-11-5-2-6-12-48/h1-38H. The van der Waals surface area contributed by atoms with Crippen molar-refractivity contribution in [3.05, 3.63) is 231 Å². The highest BCUT2D eigenvalue weighted by Crippen LogP contribution is 2.41. The Morgan fingerprint density at radius 3 is 0.869 bits per heavy atom. The van der Waals surface area contributed by atoms with Gasteiger partial charge in [-0.25, -0.2) is 0 Å². The molecule has 61 heavy (non-hydrogen) atoms. The summed E-state index contributed by atoms with van der Waals surface area (Å²) < 4.78 is 6.82. The Morgan fingerprint density at radius 2 is 0.541 bits per heavy atom. The molecule has 0 N–H and O–H groups in total. The van der Waals surface area contributed by atoms with Crippen LogP contribution in [0.1, 0.15) is 0 Å². The maximum Gasteiger partial charge on any atom is 0.143 e. The van der Waals surface area contributed by atoms with Crippen LogP contribution >= 0.6 is 0 Å². The summed E-state index contributed by atoms with van der Waals surface area (Å²) in [7, 11) is 0. The average Bonchev–Trinajstić information content (AvgIpc) is 3.74. The summed E-state index contributed by atoms with van der Waals surface area (Å²) >= 11 is 0. The largest absolute Gasteiger partial charge is 0.455 e. The first kappa shape index (κ1) is 36.0. The summed E-state index contributed by atoms with van der Waals surface area (Å²) in [6.45, 7) is 0. The first-order valence-electron chi connectivity index (χ1n) is 20.6. The molecule has 0 saturated heterocycles. The van der Waals surface area contributed by atoms with E-state index in [1.807, 2.05) is 48.8 Å². The minimum atomic E-state index is 0.899. The number of benzene rings is 8. The average molecular weight is 779 g/mol. The zero-order chi connectivity index (χ0) is 40.5. The van der Waals surface area contributed by atoms with Crippen molar-refractivity contribution in [1.29, 1.82) is 0 Å². The van der Waals surface area contributed by atoms with Crippen molar-refractivity contribution in [2.45, 2.75) is 0 Å². The number of hydrogen-bond acceptors (Lipinski definition) is 3. The van der Waals surface area contributed by atoms with Crippen molar-refractivity contribution in [1.82, 2.24) is 9.97 Å². The second-order valence-electron chi connectivity index (χ2n) is 15.4. The van der Waals surface area contributed by atoms with Crippen molar-refractivity contribution in [2.24, 2.45) is 0 Å². The van der Waals surface area contributed by atoms with Crippen LogP contribution in [-0.4, -0.2) is 9.97 Å². The molecule has 3 heteroatoms. The second kappa shape index (κ2) is 15.6. The van der Waals surface area contributed by atoms with Crippen LogP contribution in [0.25, 0.3) is 111 Å². The summed E-state index contributed by atoms with van der Waals surface area (Å²) in [4.78, 5) is 9.44. The lowest BCUT2D eigenvalue weighted by atomic mass is 9.96. The molecular weight excluding hydrogens is 741 g/mol. The molecule has 11 aromatic rings. The van der Waals surface area contributed by atoms with Crippen LogP contribution in [0.4, 0.5) is 0 Å². The molecule has 0 aliphatic heterocycles. The molecule has 3 heterocycles. The summed E-state index contributed by atoms with van der Waals surface area (Å²) in [5.41, 5.74) is 19.5. The molecule has 0 radical (unpaired) electrons. The van der Waals surface area contributed by atoms with Crippen molar-refractivity contribution in [2.75, 3.05) is 0 Å². The smallest absolute Gasteiger partial charge is 0.143 e. The monoisotopic (exact) mass is 778 g/mol. The third kappa shape index (κ3) is 6.98. The summed E-state index contributed by atoms with van der Waals surface area (Å²) in [6, 6.07) is 76.9. The molecule has 0 aliphatic rings. The molecule has 0 fully saturated rings. The third-order valence-electron chi connectivity index (χ3n) is 11.7. The van der Waals surface area contributed by atoms with Gasteiger partial charge in [-0.1, -0.05) is 206 Å². The van der Waals surface area contributed by atoms with Crippen molar-refractivity contribution < 1.29 is 4.42 Å². The molecule has 286 valence electrons. The fraction of sp³-hybridized carbons (Fsp3) is 0. The molecule has 0 bridgehead atoms. The van der Waals surface area contributed by atoms with Gasteiger partial charge in [0.15, 0.2) is 0 Å². The van der Waals surface area contributed by atoms with Crippen molar-refractivity contribution >= 4 is 21.9 Å². The van der Waals surface area contributed by atoms with E-state index in [2.05, 4.69) is 182 Å². The van der Waals surface area contributed by atoms with Crippen LogP contribution in [0.2, 0.25) is 0 Å². The maximum absolute atomic E-state index is 6.82. The molecule has 0 spiro atoms. The van der Waals surface area contributed by atoms with Crippen LogP contribution in [0.5, 0.6) is 0 Å². The molecule has 0 atom stereocenters. The Labute approximate surface area is 354 Å². The minimum absolute atomic E-state index is 0.899. The molecule has 0 unspecified atom stereocenters. The Balaban J connectivity index is 0.820. The molecule has 0 aliphatic carbocycles. The second-order valence-corrected chi connectivity index (χ2v) is 15.4. The quantitative estimate of drug-likeness (QED) is 0.154. The molecule has 8 aromatic carbocycles. The summed E-state index contributed by atoms with van der Waals surface area (Å²) in [5.74, 6) is 0. The zero-order valence-electron chi connectivity index (χ0n) is 33.2. The highest BCUT2D eigenvalue weighted by Gasteiger charge is 2.16. The van der Waals surface area contributed by atoms with Crippen molar-refractivity contribution in [3.63, 3.8) is 0 Å². The van der Waals surface area contributed by atoms with Gasteiger partial charge in [0.1, 0.15) is 11.2 Å². The van der Waals surface area contributed by atoms with E-state index < -0.39 is 0 Å². The van der Waals surface area contributed by atoms with E-state index in [0.29, 0.717) is 0 Å². The Kier molecular flexibility index (Phi) is 9.18. The van der Waals surface area contributed by atoms with Crippen LogP contribution in [-0.2, 0) is 0 Å². The molecule has 3 nitrogen and oxygen atoms in total. The SMILES string of the molecule is c1ccc(-c2ccc(-c3ccc(-c4ccc(-c5cccc6c5oc5c(-c7ccc(-c8ccc(-c9ccc(-c%10ccccc%10)nc9)cc8)cc7)cccc56)cc4)cc3)cn2)cc1. The Hall–Kier alpha value is -8.14. The molecule has 3 aromatic heterocycles. The number of fused-ring (bicyclic) bond motifs is 3. The predicted molar refractivity (Wildman–Crippen MR) is 253 cm³/mol. The van der Waals surface area contributed by atoms with Gasteiger partial charge >= 0.3 is 0 Å². The van der Waals surface area contributed by atoms with Gasteiger partial charge < -0.3 is 4.42 Å². The fourth-order valence-corrected chi connectivity index (χ4v) is 8.36. The number of para-hydroxylation sites is 2. The van der Waals surface area contributed by atoms with E-state index in [-0.39, 0.29) is 0 Å². The molecule has 0 amide bonds. The number of furan rings is 1. The van der Waals surface area contributed by atoms with Crippen molar-refractivity contribution in [3.8, 4) is 89.3 Å². The first-order valence-corrected chi connectivity index (χ1v) is 20.6. The van der Waals surface area contributed by atoms with Crippen LogP contribution in [0.15, 0.2) is 235 Å². The normalized spacial score (nSPS) is 11.3. The van der Waals surface area contributed by atoms with Gasteiger partial charge in [0.2, 0.25) is 0 Å².